The average molecular weight is 378 g/mol. The van der Waals surface area contributed by atoms with Gasteiger partial charge in [0.2, 0.25) is 0 Å². The molecule has 0 aromatic carbocycles. The van der Waals surface area contributed by atoms with Crippen LogP contribution in [0.1, 0.15) is 49.2 Å². The van der Waals surface area contributed by atoms with E-state index in [2.05, 4.69) is 45.3 Å². The third kappa shape index (κ3) is 5.11. The van der Waals surface area contributed by atoms with Crippen LogP contribution in [0.4, 0.5) is 16.2 Å². The Morgan fingerprint density at radius 1 is 1.27 bits per heavy atom. The topological polar surface area (TPSA) is 72.4 Å². The highest BCUT2D eigenvalue weighted by Gasteiger charge is 2.24. The molecule has 0 fully saturated rings. The molecule has 0 bridgehead atoms. The first-order valence-electron chi connectivity index (χ1n) is 8.56. The summed E-state index contributed by atoms with van der Waals surface area (Å²) >= 11 is 1.34. The number of hydrogen-bond donors (Lipinski definition) is 2. The highest BCUT2D eigenvalue weighted by atomic mass is 32.1. The minimum Gasteiger partial charge on any atom is -0.465 e. The lowest BCUT2D eigenvalue weighted by Gasteiger charge is -2.15. The van der Waals surface area contributed by atoms with Gasteiger partial charge in [-0.3, -0.25) is 0 Å². The van der Waals surface area contributed by atoms with Crippen LogP contribution < -0.4 is 10.6 Å². The summed E-state index contributed by atoms with van der Waals surface area (Å²) in [7, 11) is 1.33. The van der Waals surface area contributed by atoms with Gasteiger partial charge in [-0.05, 0) is 23.5 Å². The molecule has 0 aliphatic carbocycles. The van der Waals surface area contributed by atoms with E-state index in [1.807, 2.05) is 29.1 Å². The average Bonchev–Trinajstić information content (AvgIpc) is 3.12. The van der Waals surface area contributed by atoms with Gasteiger partial charge in [0.05, 0.1) is 18.5 Å². The van der Waals surface area contributed by atoms with E-state index < -0.39 is 12.0 Å². The predicted octanol–water partition coefficient (Wildman–Crippen LogP) is 4.93. The molecule has 0 spiro atoms. The summed E-state index contributed by atoms with van der Waals surface area (Å²) in [5, 5.41) is 5.56. The van der Waals surface area contributed by atoms with Crippen LogP contribution in [0.15, 0.2) is 24.5 Å². The maximum atomic E-state index is 12.4. The van der Waals surface area contributed by atoms with E-state index in [9.17, 15) is 9.59 Å². The number of esters is 1. The summed E-state index contributed by atoms with van der Waals surface area (Å²) < 4.78 is 6.87. The van der Waals surface area contributed by atoms with Crippen LogP contribution in [-0.4, -0.2) is 23.7 Å². The molecule has 2 aromatic rings. The van der Waals surface area contributed by atoms with Gasteiger partial charge in [0.1, 0.15) is 4.88 Å². The van der Waals surface area contributed by atoms with Gasteiger partial charge in [0.25, 0.3) is 0 Å². The minimum atomic E-state index is -0.455. The Balaban J connectivity index is 2.13. The number of methoxy groups -OCH3 is 1. The summed E-state index contributed by atoms with van der Waals surface area (Å²) in [4.78, 5) is 25.8. The fourth-order valence-corrected chi connectivity index (χ4v) is 3.52. The van der Waals surface area contributed by atoms with E-state index in [-0.39, 0.29) is 5.41 Å². The van der Waals surface area contributed by atoms with Crippen molar-refractivity contribution in [2.75, 3.05) is 17.7 Å². The molecule has 7 heteroatoms. The van der Waals surface area contributed by atoms with Gasteiger partial charge >= 0.3 is 12.0 Å². The van der Waals surface area contributed by atoms with Gasteiger partial charge in [0, 0.05) is 23.8 Å². The number of anilines is 2. The Hall–Kier alpha value is -2.28. The number of urea groups is 1. The zero-order valence-electron chi connectivity index (χ0n) is 16.2. The first kappa shape index (κ1) is 20.0. The van der Waals surface area contributed by atoms with Gasteiger partial charge in [-0.15, -0.1) is 11.3 Å². The zero-order chi connectivity index (χ0) is 19.5. The van der Waals surface area contributed by atoms with Crippen LogP contribution >= 0.6 is 11.3 Å². The van der Waals surface area contributed by atoms with Crippen molar-refractivity contribution < 1.29 is 14.3 Å². The van der Waals surface area contributed by atoms with Crippen LogP contribution in [-0.2, 0) is 16.7 Å². The lowest BCUT2D eigenvalue weighted by atomic mass is 9.94. The second kappa shape index (κ2) is 7.95. The quantitative estimate of drug-likeness (QED) is 0.725. The summed E-state index contributed by atoms with van der Waals surface area (Å²) in [6, 6.07) is 3.29. The van der Waals surface area contributed by atoms with E-state index in [0.29, 0.717) is 22.2 Å². The van der Waals surface area contributed by atoms with Crippen LogP contribution in [0.3, 0.4) is 0 Å². The Morgan fingerprint density at radius 3 is 2.54 bits per heavy atom. The molecule has 2 rings (SSSR count). The smallest absolute Gasteiger partial charge is 0.350 e. The van der Waals surface area contributed by atoms with Crippen LogP contribution in [0.5, 0.6) is 0 Å². The summed E-state index contributed by atoms with van der Waals surface area (Å²) in [5.41, 5.74) is 1.04. The fourth-order valence-electron chi connectivity index (χ4n) is 2.43. The molecule has 26 heavy (non-hydrogen) atoms. The second-order valence-electron chi connectivity index (χ2n) is 7.66. The zero-order valence-corrected chi connectivity index (χ0v) is 17.0. The van der Waals surface area contributed by atoms with Crippen molar-refractivity contribution in [2.45, 2.75) is 46.6 Å². The summed E-state index contributed by atoms with van der Waals surface area (Å²) in [6.07, 6.45) is 3.81. The van der Waals surface area contributed by atoms with E-state index >= 15 is 0 Å². The van der Waals surface area contributed by atoms with Crippen LogP contribution in [0.2, 0.25) is 0 Å². The maximum Gasteiger partial charge on any atom is 0.350 e. The molecule has 0 aliphatic heterocycles. The van der Waals surface area contributed by atoms with E-state index in [1.54, 1.807) is 0 Å². The van der Waals surface area contributed by atoms with E-state index in [4.69, 9.17) is 4.74 Å². The maximum absolute atomic E-state index is 12.4. The lowest BCUT2D eigenvalue weighted by Crippen LogP contribution is -2.20. The van der Waals surface area contributed by atoms with Crippen LogP contribution in [0.25, 0.3) is 0 Å². The molecular formula is C19H27N3O3S. The molecule has 2 aromatic heterocycles. The predicted molar refractivity (Wildman–Crippen MR) is 106 cm³/mol. The van der Waals surface area contributed by atoms with Gasteiger partial charge in [0.15, 0.2) is 0 Å². The van der Waals surface area contributed by atoms with Gasteiger partial charge in [-0.25, -0.2) is 9.59 Å². The number of carbonyl (C=O) groups excluding carboxylic acids is 2. The van der Waals surface area contributed by atoms with Crippen molar-refractivity contribution in [3.05, 3.63) is 34.3 Å². The molecule has 0 saturated heterocycles. The van der Waals surface area contributed by atoms with Crippen molar-refractivity contribution in [1.29, 1.82) is 0 Å². The molecule has 0 saturated carbocycles. The Kier molecular flexibility index (Phi) is 6.13. The van der Waals surface area contributed by atoms with E-state index in [1.165, 1.54) is 18.4 Å². The highest BCUT2D eigenvalue weighted by molar-refractivity contribution is 7.14. The number of aromatic nitrogens is 1. The molecule has 0 unspecified atom stereocenters. The van der Waals surface area contributed by atoms with Crippen molar-refractivity contribution in [3.8, 4) is 0 Å². The Bertz CT molecular complexity index is 784. The molecule has 0 atom stereocenters. The normalized spacial score (nSPS) is 11.5. The Labute approximate surface area is 158 Å². The standard InChI is InChI=1S/C19H27N3O3S/c1-12(2)10-22-8-7-13(11-22)20-18(24)21-14-9-15(19(3,4)5)26-16(14)17(23)25-6/h7-9,11-12H,10H2,1-6H3,(H2,20,21,24). The fraction of sp³-hybridized carbons (Fsp3) is 0.474. The third-order valence-corrected chi connectivity index (χ3v) is 5.22. The molecule has 2 amide bonds. The Morgan fingerprint density at radius 2 is 1.96 bits per heavy atom. The number of thiophene rings is 1. The molecule has 2 heterocycles. The van der Waals surface area contributed by atoms with E-state index in [0.717, 1.165) is 11.4 Å². The highest BCUT2D eigenvalue weighted by Crippen LogP contribution is 2.35. The first-order valence-corrected chi connectivity index (χ1v) is 9.38. The largest absolute Gasteiger partial charge is 0.465 e. The molecule has 2 N–H and O–H groups in total. The number of carbonyl (C=O) groups is 2. The molecular weight excluding hydrogens is 350 g/mol. The number of rotatable bonds is 5. The van der Waals surface area contributed by atoms with Gasteiger partial charge < -0.3 is 19.9 Å². The van der Waals surface area contributed by atoms with Crippen molar-refractivity contribution in [2.24, 2.45) is 5.92 Å². The second-order valence-corrected chi connectivity index (χ2v) is 8.72. The number of nitrogens with one attached hydrogen (secondary N) is 2. The van der Waals surface area contributed by atoms with Crippen molar-refractivity contribution in [1.82, 2.24) is 4.57 Å². The van der Waals surface area contributed by atoms with Gasteiger partial charge in [-0.2, -0.15) is 0 Å². The number of nitrogens with zero attached hydrogens (tertiary/aromatic N) is 1. The lowest BCUT2D eigenvalue weighted by molar-refractivity contribution is 0.0607. The minimum absolute atomic E-state index is 0.127. The monoisotopic (exact) mass is 377 g/mol. The van der Waals surface area contributed by atoms with Crippen molar-refractivity contribution >= 4 is 34.7 Å². The first-order chi connectivity index (χ1) is 12.1. The molecule has 142 valence electrons. The number of ether oxygens (including phenoxy) is 1. The molecule has 0 aliphatic rings. The molecule has 6 nitrogen and oxygen atoms in total. The molecule has 0 radical (unpaired) electrons. The summed E-state index contributed by atoms with van der Waals surface area (Å²) in [6.45, 7) is 11.3. The number of amides is 2. The van der Waals surface area contributed by atoms with Crippen molar-refractivity contribution in [3.63, 3.8) is 0 Å². The van der Waals surface area contributed by atoms with Gasteiger partial charge in [-0.1, -0.05) is 34.6 Å². The van der Waals surface area contributed by atoms with Crippen LogP contribution in [0, 0.1) is 5.92 Å². The SMILES string of the molecule is COC(=O)c1sc(C(C)(C)C)cc1NC(=O)Nc1ccn(CC(C)C)c1. The summed E-state index contributed by atoms with van der Waals surface area (Å²) in [5.74, 6) is 0.0669. The third-order valence-electron chi connectivity index (χ3n) is 3.67. The number of hydrogen-bond acceptors (Lipinski definition) is 4.